The fourth-order valence-corrected chi connectivity index (χ4v) is 3.33. The molecule has 2 aromatic rings. The number of hydrogen-bond donors (Lipinski definition) is 2. The molecule has 2 saturated heterocycles. The number of aliphatic hydroxyl groups excluding tert-OH is 2. The maximum atomic E-state index is 10.3. The molecule has 4 rings (SSSR count). The van der Waals surface area contributed by atoms with E-state index >= 15 is 0 Å². The summed E-state index contributed by atoms with van der Waals surface area (Å²) < 4.78 is 23.9. The second-order valence-electron chi connectivity index (χ2n) is 6.44. The molecular weight excluding hydrogens is 336 g/mol. The Morgan fingerprint density at radius 1 is 0.846 bits per heavy atom. The molecule has 6 heteroatoms. The van der Waals surface area contributed by atoms with Crippen LogP contribution in [-0.4, -0.2) is 47.8 Å². The van der Waals surface area contributed by atoms with Gasteiger partial charge in [0.1, 0.15) is 24.4 Å². The van der Waals surface area contributed by atoms with E-state index in [0.717, 1.165) is 11.1 Å². The fraction of sp³-hybridized carbons (Fsp3) is 0.400. The van der Waals surface area contributed by atoms with Gasteiger partial charge in [0, 0.05) is 11.1 Å². The van der Waals surface area contributed by atoms with E-state index in [1.165, 1.54) is 0 Å². The largest absolute Gasteiger partial charge is 0.394 e. The smallest absolute Gasteiger partial charge is 0.184 e. The third-order valence-electron chi connectivity index (χ3n) is 4.67. The minimum Gasteiger partial charge on any atom is -0.394 e. The molecule has 6 nitrogen and oxygen atoms in total. The van der Waals surface area contributed by atoms with E-state index in [1.54, 1.807) is 0 Å². The highest BCUT2D eigenvalue weighted by Gasteiger charge is 2.48. The summed E-state index contributed by atoms with van der Waals surface area (Å²) in [5.74, 6) is 0. The van der Waals surface area contributed by atoms with E-state index in [0.29, 0.717) is 6.61 Å². The van der Waals surface area contributed by atoms with Gasteiger partial charge in [-0.3, -0.25) is 0 Å². The topological polar surface area (TPSA) is 77.4 Å². The number of hydrogen-bond acceptors (Lipinski definition) is 6. The maximum absolute atomic E-state index is 10.3. The van der Waals surface area contributed by atoms with E-state index in [-0.39, 0.29) is 0 Å². The van der Waals surface area contributed by atoms with Gasteiger partial charge in [-0.15, -0.1) is 0 Å². The fourth-order valence-electron chi connectivity index (χ4n) is 3.33. The minimum atomic E-state index is -1.08. The van der Waals surface area contributed by atoms with Crippen molar-refractivity contribution in [2.75, 3.05) is 13.2 Å². The van der Waals surface area contributed by atoms with Crippen molar-refractivity contribution in [2.45, 2.75) is 37.0 Å². The maximum Gasteiger partial charge on any atom is 0.184 e. The lowest BCUT2D eigenvalue weighted by Gasteiger charge is -2.47. The predicted molar refractivity (Wildman–Crippen MR) is 92.0 cm³/mol. The van der Waals surface area contributed by atoms with Crippen LogP contribution in [0.4, 0.5) is 0 Å². The van der Waals surface area contributed by atoms with Crippen molar-refractivity contribution in [3.8, 4) is 0 Å². The number of rotatable bonds is 4. The zero-order valence-corrected chi connectivity index (χ0v) is 14.2. The number of benzene rings is 2. The van der Waals surface area contributed by atoms with Crippen molar-refractivity contribution in [3.05, 3.63) is 71.8 Å². The molecule has 2 aromatic carbocycles. The van der Waals surface area contributed by atoms with Crippen LogP contribution in [0, 0.1) is 0 Å². The second-order valence-corrected chi connectivity index (χ2v) is 6.44. The predicted octanol–water partition coefficient (Wildman–Crippen LogP) is 1.94. The zero-order chi connectivity index (χ0) is 17.9. The molecule has 2 fully saturated rings. The Bertz CT molecular complexity index is 692. The van der Waals surface area contributed by atoms with Crippen LogP contribution in [0.3, 0.4) is 0 Å². The molecule has 138 valence electrons. The van der Waals surface area contributed by atoms with Crippen LogP contribution in [0.5, 0.6) is 0 Å². The normalized spacial score (nSPS) is 32.6. The lowest BCUT2D eigenvalue weighted by molar-refractivity contribution is -0.373. The summed E-state index contributed by atoms with van der Waals surface area (Å²) in [4.78, 5) is 0. The molecule has 2 aliphatic rings. The highest BCUT2D eigenvalue weighted by atomic mass is 16.8. The van der Waals surface area contributed by atoms with Gasteiger partial charge in [-0.05, 0) is 0 Å². The van der Waals surface area contributed by atoms with Crippen molar-refractivity contribution < 1.29 is 29.2 Å². The van der Waals surface area contributed by atoms with Crippen LogP contribution in [0.1, 0.15) is 23.7 Å². The molecule has 0 saturated carbocycles. The first kappa shape index (κ1) is 17.6. The molecule has 2 aliphatic heterocycles. The second kappa shape index (κ2) is 7.84. The molecule has 0 aromatic heterocycles. The SMILES string of the molecule is OC[C@H](O)[C@H]1O[C@H](c2ccccc2)O[C@@H]2CO[C@@H](c3ccccc3)O[C@@H]12. The Balaban J connectivity index is 1.56. The summed E-state index contributed by atoms with van der Waals surface area (Å²) in [6.45, 7) is -0.110. The van der Waals surface area contributed by atoms with Gasteiger partial charge in [-0.1, -0.05) is 60.7 Å². The van der Waals surface area contributed by atoms with Crippen LogP contribution in [-0.2, 0) is 18.9 Å². The number of ether oxygens (including phenoxy) is 4. The Kier molecular flexibility index (Phi) is 5.31. The van der Waals surface area contributed by atoms with E-state index in [4.69, 9.17) is 18.9 Å². The first-order valence-corrected chi connectivity index (χ1v) is 8.73. The minimum absolute atomic E-state index is 0.311. The molecule has 2 heterocycles. The van der Waals surface area contributed by atoms with E-state index in [1.807, 2.05) is 60.7 Å². The first-order valence-electron chi connectivity index (χ1n) is 8.73. The summed E-state index contributed by atoms with van der Waals surface area (Å²) in [7, 11) is 0. The molecule has 0 spiro atoms. The highest BCUT2D eigenvalue weighted by molar-refractivity contribution is 5.18. The summed E-state index contributed by atoms with van der Waals surface area (Å²) in [5.41, 5.74) is 1.72. The first-order chi connectivity index (χ1) is 12.8. The monoisotopic (exact) mass is 358 g/mol. The average Bonchev–Trinajstić information content (AvgIpc) is 2.73. The summed E-state index contributed by atoms with van der Waals surface area (Å²) >= 11 is 0. The van der Waals surface area contributed by atoms with E-state index in [2.05, 4.69) is 0 Å². The third-order valence-corrected chi connectivity index (χ3v) is 4.67. The van der Waals surface area contributed by atoms with Crippen molar-refractivity contribution >= 4 is 0 Å². The van der Waals surface area contributed by atoms with E-state index < -0.39 is 43.6 Å². The number of fused-ring (bicyclic) bond motifs is 1. The van der Waals surface area contributed by atoms with Crippen LogP contribution < -0.4 is 0 Å². The van der Waals surface area contributed by atoms with Gasteiger partial charge >= 0.3 is 0 Å². The summed E-state index contributed by atoms with van der Waals surface area (Å²) in [5, 5.41) is 19.8. The zero-order valence-electron chi connectivity index (χ0n) is 14.2. The van der Waals surface area contributed by atoms with Gasteiger partial charge in [0.15, 0.2) is 12.6 Å². The van der Waals surface area contributed by atoms with Crippen molar-refractivity contribution in [3.63, 3.8) is 0 Å². The molecule has 0 bridgehead atoms. The summed E-state index contributed by atoms with van der Waals surface area (Å²) in [6, 6.07) is 19.1. The van der Waals surface area contributed by atoms with Gasteiger partial charge in [0.25, 0.3) is 0 Å². The Morgan fingerprint density at radius 2 is 1.46 bits per heavy atom. The van der Waals surface area contributed by atoms with Crippen molar-refractivity contribution in [1.29, 1.82) is 0 Å². The Labute approximate surface area is 151 Å². The van der Waals surface area contributed by atoms with Crippen LogP contribution in [0.15, 0.2) is 60.7 Å². The third kappa shape index (κ3) is 3.53. The van der Waals surface area contributed by atoms with Crippen molar-refractivity contribution in [2.24, 2.45) is 0 Å². The van der Waals surface area contributed by atoms with E-state index in [9.17, 15) is 10.2 Å². The molecule has 2 N–H and O–H groups in total. The van der Waals surface area contributed by atoms with Gasteiger partial charge in [-0.2, -0.15) is 0 Å². The standard InChI is InChI=1S/C20H22O6/c21-11-15(22)17-18-16(24-20(25-17)14-9-5-2-6-10-14)12-23-19(26-18)13-7-3-1-4-8-13/h1-10,15-22H,11-12H2/t15-,16+,17+,18+,19+,20+/m0/s1. The van der Waals surface area contributed by atoms with Crippen LogP contribution >= 0.6 is 0 Å². The lowest BCUT2D eigenvalue weighted by Crippen LogP contribution is -2.58. The highest BCUT2D eigenvalue weighted by Crippen LogP contribution is 2.38. The van der Waals surface area contributed by atoms with Gasteiger partial charge in [-0.25, -0.2) is 0 Å². The molecule has 0 aliphatic carbocycles. The van der Waals surface area contributed by atoms with Crippen molar-refractivity contribution in [1.82, 2.24) is 0 Å². The quantitative estimate of drug-likeness (QED) is 0.870. The lowest BCUT2D eigenvalue weighted by atomic mass is 9.99. The van der Waals surface area contributed by atoms with Gasteiger partial charge < -0.3 is 29.2 Å². The molecule has 0 radical (unpaired) electrons. The molecule has 26 heavy (non-hydrogen) atoms. The van der Waals surface area contributed by atoms with Crippen LogP contribution in [0.2, 0.25) is 0 Å². The Hall–Kier alpha value is -1.80. The van der Waals surface area contributed by atoms with Crippen LogP contribution in [0.25, 0.3) is 0 Å². The molecule has 6 atom stereocenters. The molecular formula is C20H22O6. The summed E-state index contributed by atoms with van der Waals surface area (Å²) in [6.07, 6.45) is -3.96. The molecule has 0 unspecified atom stereocenters. The number of aliphatic hydroxyl groups is 2. The molecule has 0 amide bonds. The van der Waals surface area contributed by atoms with Gasteiger partial charge in [0.2, 0.25) is 0 Å². The van der Waals surface area contributed by atoms with Gasteiger partial charge in [0.05, 0.1) is 13.2 Å². The average molecular weight is 358 g/mol. The Morgan fingerprint density at radius 3 is 2.08 bits per heavy atom.